The minimum absolute atomic E-state index is 0.00704. The summed E-state index contributed by atoms with van der Waals surface area (Å²) in [6.45, 7) is 4.90. The summed E-state index contributed by atoms with van der Waals surface area (Å²) >= 11 is 0. The third-order valence-electron chi connectivity index (χ3n) is 6.16. The van der Waals surface area contributed by atoms with E-state index in [0.29, 0.717) is 31.6 Å². The van der Waals surface area contributed by atoms with E-state index in [1.54, 1.807) is 6.21 Å². The second kappa shape index (κ2) is 9.08. The van der Waals surface area contributed by atoms with Crippen molar-refractivity contribution in [2.45, 2.75) is 38.6 Å². The zero-order valence-electron chi connectivity index (χ0n) is 18.3. The minimum atomic E-state index is 0.00704. The number of rotatable bonds is 6. The van der Waals surface area contributed by atoms with Crippen LogP contribution in [0.1, 0.15) is 41.6 Å². The number of benzene rings is 1. The van der Waals surface area contributed by atoms with Crippen molar-refractivity contribution >= 4 is 30.0 Å². The molecule has 5 rings (SSSR count). The van der Waals surface area contributed by atoms with Gasteiger partial charge in [0.05, 0.1) is 25.1 Å². The van der Waals surface area contributed by atoms with Crippen molar-refractivity contribution in [3.05, 3.63) is 52.2 Å². The van der Waals surface area contributed by atoms with E-state index in [1.807, 2.05) is 31.2 Å². The number of hydrazone groups is 1. The zero-order chi connectivity index (χ0) is 21.9. The second-order valence-corrected chi connectivity index (χ2v) is 8.57. The summed E-state index contributed by atoms with van der Waals surface area (Å²) in [5.41, 5.74) is 7.68. The average Bonchev–Trinajstić information content (AvgIpc) is 3.21. The molecule has 0 unspecified atom stereocenters. The lowest BCUT2D eigenvalue weighted by atomic mass is 9.93. The Morgan fingerprint density at radius 2 is 2.09 bits per heavy atom. The second-order valence-electron chi connectivity index (χ2n) is 8.57. The topological polar surface area (TPSA) is 91.7 Å². The van der Waals surface area contributed by atoms with E-state index >= 15 is 0 Å². The van der Waals surface area contributed by atoms with E-state index in [2.05, 4.69) is 31.8 Å². The van der Waals surface area contributed by atoms with Crippen molar-refractivity contribution in [3.63, 3.8) is 0 Å². The van der Waals surface area contributed by atoms with Crippen LogP contribution in [0.3, 0.4) is 0 Å². The molecule has 2 heterocycles. The molecule has 3 aliphatic rings. The van der Waals surface area contributed by atoms with Gasteiger partial charge in [0.15, 0.2) is 0 Å². The number of hydrogen-bond donors (Lipinski definition) is 2. The van der Waals surface area contributed by atoms with E-state index in [-0.39, 0.29) is 5.91 Å². The Kier molecular flexibility index (Phi) is 5.85. The first-order chi connectivity index (χ1) is 15.7. The van der Waals surface area contributed by atoms with Gasteiger partial charge in [-0.05, 0) is 37.8 Å². The number of fused-ring (bicyclic) bond motifs is 1. The van der Waals surface area contributed by atoms with Gasteiger partial charge in [-0.1, -0.05) is 29.8 Å². The molecular formula is C24H28N6O2. The fourth-order valence-electron chi connectivity index (χ4n) is 4.16. The first-order valence-corrected chi connectivity index (χ1v) is 11.3. The first kappa shape index (κ1) is 20.6. The minimum Gasteiger partial charge on any atom is -0.378 e. The van der Waals surface area contributed by atoms with Crippen LogP contribution < -0.4 is 15.6 Å². The molecule has 2 aromatic rings. The van der Waals surface area contributed by atoms with Gasteiger partial charge in [0.2, 0.25) is 11.9 Å². The summed E-state index contributed by atoms with van der Waals surface area (Å²) < 4.78 is 5.51. The Morgan fingerprint density at radius 3 is 2.84 bits per heavy atom. The molecule has 1 aliphatic heterocycles. The van der Waals surface area contributed by atoms with Gasteiger partial charge in [0.25, 0.3) is 0 Å². The Balaban J connectivity index is 1.39. The summed E-state index contributed by atoms with van der Waals surface area (Å²) in [5.74, 6) is 1.29. The van der Waals surface area contributed by atoms with Gasteiger partial charge in [-0.3, -0.25) is 4.79 Å². The quantitative estimate of drug-likeness (QED) is 0.539. The predicted molar refractivity (Wildman–Crippen MR) is 125 cm³/mol. The summed E-state index contributed by atoms with van der Waals surface area (Å²) in [6.07, 6.45) is 7.52. The molecule has 8 heteroatoms. The first-order valence-electron chi connectivity index (χ1n) is 11.3. The highest BCUT2D eigenvalue weighted by molar-refractivity contribution is 6.00. The molecule has 0 spiro atoms. The summed E-state index contributed by atoms with van der Waals surface area (Å²) in [5, 5.41) is 7.47. The summed E-state index contributed by atoms with van der Waals surface area (Å²) in [7, 11) is 0. The van der Waals surface area contributed by atoms with E-state index in [1.165, 1.54) is 12.0 Å². The fraction of sp³-hybridized carbons (Fsp3) is 0.417. The highest BCUT2D eigenvalue weighted by Gasteiger charge is 2.29. The fourth-order valence-corrected chi connectivity index (χ4v) is 4.16. The highest BCUT2D eigenvalue weighted by atomic mass is 16.5. The van der Waals surface area contributed by atoms with Gasteiger partial charge in [-0.25, -0.2) is 10.4 Å². The van der Waals surface area contributed by atoms with Gasteiger partial charge in [0, 0.05) is 36.7 Å². The molecule has 1 aromatic carbocycles. The SMILES string of the molecule is Cc1cccc(/C=N/Nc2nc3c(c(N4CCOCC4)n2)CC(C(=O)NC2CCC2)=C3)c1. The number of ether oxygens (including phenoxy) is 1. The molecule has 2 fully saturated rings. The lowest BCUT2D eigenvalue weighted by Crippen LogP contribution is -2.40. The number of morpholine rings is 1. The van der Waals surface area contributed by atoms with Crippen LogP contribution in [-0.4, -0.2) is 54.4 Å². The molecular weight excluding hydrogens is 404 g/mol. The molecule has 8 nitrogen and oxygen atoms in total. The van der Waals surface area contributed by atoms with E-state index in [4.69, 9.17) is 9.72 Å². The van der Waals surface area contributed by atoms with Crippen LogP contribution in [0.2, 0.25) is 0 Å². The van der Waals surface area contributed by atoms with Gasteiger partial charge in [0.1, 0.15) is 5.82 Å². The largest absolute Gasteiger partial charge is 0.378 e. The molecule has 0 bridgehead atoms. The number of aromatic nitrogens is 2. The Morgan fingerprint density at radius 1 is 1.25 bits per heavy atom. The Bertz CT molecular complexity index is 1070. The lowest BCUT2D eigenvalue weighted by Gasteiger charge is -2.29. The number of nitrogens with zero attached hydrogens (tertiary/aromatic N) is 4. The molecule has 1 saturated heterocycles. The van der Waals surface area contributed by atoms with Crippen LogP contribution in [0.5, 0.6) is 0 Å². The zero-order valence-corrected chi connectivity index (χ0v) is 18.3. The highest BCUT2D eigenvalue weighted by Crippen LogP contribution is 2.33. The van der Waals surface area contributed by atoms with E-state index < -0.39 is 0 Å². The maximum absolute atomic E-state index is 12.7. The number of carbonyl (C=O) groups excluding carboxylic acids is 1. The molecule has 32 heavy (non-hydrogen) atoms. The number of carbonyl (C=O) groups is 1. The number of aryl methyl sites for hydroxylation is 1. The molecule has 2 N–H and O–H groups in total. The molecule has 2 aliphatic carbocycles. The number of nitrogens with one attached hydrogen (secondary N) is 2. The smallest absolute Gasteiger partial charge is 0.247 e. The van der Waals surface area contributed by atoms with E-state index in [9.17, 15) is 4.79 Å². The van der Waals surface area contributed by atoms with Crippen LogP contribution in [0.15, 0.2) is 34.9 Å². The maximum Gasteiger partial charge on any atom is 0.247 e. The summed E-state index contributed by atoms with van der Waals surface area (Å²) in [6, 6.07) is 8.42. The standard InChI is InChI=1S/C24H28N6O2/c1-16-4-2-5-17(12-16)15-25-29-24-27-21-14-18(23(31)26-19-6-3-7-19)13-20(21)22(28-24)30-8-10-32-11-9-30/h2,4-5,12,14-15,19H,3,6-11,13H2,1H3,(H,26,31)(H,27,28,29)/b25-15+. The van der Waals surface area contributed by atoms with Gasteiger partial charge in [-0.2, -0.15) is 10.1 Å². The van der Waals surface area contributed by atoms with Crippen LogP contribution >= 0.6 is 0 Å². The van der Waals surface area contributed by atoms with Crippen molar-refractivity contribution in [1.29, 1.82) is 0 Å². The monoisotopic (exact) mass is 432 g/mol. The normalized spacial score (nSPS) is 18.3. The van der Waals surface area contributed by atoms with Crippen LogP contribution in [0.25, 0.3) is 6.08 Å². The van der Waals surface area contributed by atoms with Crippen molar-refractivity contribution in [3.8, 4) is 0 Å². The van der Waals surface area contributed by atoms with Crippen LogP contribution in [0, 0.1) is 6.92 Å². The predicted octanol–water partition coefficient (Wildman–Crippen LogP) is 2.68. The van der Waals surface area contributed by atoms with Crippen LogP contribution in [-0.2, 0) is 16.0 Å². The van der Waals surface area contributed by atoms with Crippen molar-refractivity contribution in [1.82, 2.24) is 15.3 Å². The molecule has 0 radical (unpaired) electrons. The third kappa shape index (κ3) is 4.50. The molecule has 1 saturated carbocycles. The summed E-state index contributed by atoms with van der Waals surface area (Å²) in [4.78, 5) is 24.4. The molecule has 1 aromatic heterocycles. The van der Waals surface area contributed by atoms with Crippen molar-refractivity contribution in [2.75, 3.05) is 36.6 Å². The molecule has 166 valence electrons. The third-order valence-corrected chi connectivity index (χ3v) is 6.16. The number of anilines is 2. The number of hydrogen-bond acceptors (Lipinski definition) is 7. The lowest BCUT2D eigenvalue weighted by molar-refractivity contribution is -0.118. The number of amides is 1. The van der Waals surface area contributed by atoms with E-state index in [0.717, 1.165) is 54.1 Å². The van der Waals surface area contributed by atoms with Crippen molar-refractivity contribution < 1.29 is 9.53 Å². The Hall–Kier alpha value is -3.26. The van der Waals surface area contributed by atoms with Gasteiger partial charge in [-0.15, -0.1) is 0 Å². The molecule has 0 atom stereocenters. The maximum atomic E-state index is 12.7. The average molecular weight is 433 g/mol. The molecule has 1 amide bonds. The van der Waals surface area contributed by atoms with Crippen molar-refractivity contribution in [2.24, 2.45) is 5.10 Å². The Labute approximate surface area is 187 Å². The van der Waals surface area contributed by atoms with Gasteiger partial charge < -0.3 is 15.0 Å². The van der Waals surface area contributed by atoms with Gasteiger partial charge >= 0.3 is 0 Å². The van der Waals surface area contributed by atoms with Crippen LogP contribution in [0.4, 0.5) is 11.8 Å².